The lowest BCUT2D eigenvalue weighted by Crippen LogP contribution is -2.37. The second-order valence-electron chi connectivity index (χ2n) is 5.90. The van der Waals surface area contributed by atoms with Crippen LogP contribution in [0.2, 0.25) is 0 Å². The van der Waals surface area contributed by atoms with Gasteiger partial charge in [0, 0.05) is 24.2 Å². The summed E-state index contributed by atoms with van der Waals surface area (Å²) in [5.41, 5.74) is 0.585. The highest BCUT2D eigenvalue weighted by atomic mass is 32.2. The van der Waals surface area contributed by atoms with Crippen LogP contribution in [-0.4, -0.2) is 32.2 Å². The second kappa shape index (κ2) is 7.04. The summed E-state index contributed by atoms with van der Waals surface area (Å²) in [5, 5.41) is 5.99. The molecule has 118 valence electrons. The van der Waals surface area contributed by atoms with Crippen LogP contribution in [0.5, 0.6) is 0 Å². The fourth-order valence-electron chi connectivity index (χ4n) is 1.69. The smallest absolute Gasteiger partial charge is 0.225 e. The van der Waals surface area contributed by atoms with Gasteiger partial charge in [0.2, 0.25) is 5.91 Å². The molecule has 0 spiro atoms. The van der Waals surface area contributed by atoms with Gasteiger partial charge in [0.15, 0.2) is 9.84 Å². The van der Waals surface area contributed by atoms with Gasteiger partial charge in [-0.05, 0) is 45.0 Å². The minimum Gasteiger partial charge on any atom is -0.326 e. The van der Waals surface area contributed by atoms with Crippen LogP contribution in [0.4, 0.5) is 5.69 Å². The quantitative estimate of drug-likeness (QED) is 0.844. The van der Waals surface area contributed by atoms with Crippen LogP contribution in [-0.2, 0) is 14.6 Å². The summed E-state index contributed by atoms with van der Waals surface area (Å²) in [6.45, 7) is 8.32. The van der Waals surface area contributed by atoms with Crippen molar-refractivity contribution in [1.29, 1.82) is 0 Å². The summed E-state index contributed by atoms with van der Waals surface area (Å²) in [6.07, 6.45) is 0.367. The van der Waals surface area contributed by atoms with E-state index in [0.717, 1.165) is 0 Å². The van der Waals surface area contributed by atoms with Crippen molar-refractivity contribution >= 4 is 21.4 Å². The van der Waals surface area contributed by atoms with Gasteiger partial charge in [0.1, 0.15) is 0 Å². The summed E-state index contributed by atoms with van der Waals surface area (Å²) in [6, 6.07) is 6.25. The minimum absolute atomic E-state index is 0.0174. The minimum atomic E-state index is -3.20. The van der Waals surface area contributed by atoms with Crippen LogP contribution in [0.1, 0.15) is 34.1 Å². The van der Waals surface area contributed by atoms with Gasteiger partial charge >= 0.3 is 0 Å². The predicted octanol–water partition coefficient (Wildman–Crippen LogP) is 2.20. The topological polar surface area (TPSA) is 75.3 Å². The second-order valence-corrected chi connectivity index (χ2v) is 8.18. The monoisotopic (exact) mass is 312 g/mol. The first kappa shape index (κ1) is 17.7. The first-order chi connectivity index (χ1) is 9.64. The van der Waals surface area contributed by atoms with E-state index in [9.17, 15) is 13.2 Å². The molecule has 0 saturated carbocycles. The Labute approximate surface area is 127 Å². The first-order valence-corrected chi connectivity index (χ1v) is 8.67. The largest absolute Gasteiger partial charge is 0.326 e. The van der Waals surface area contributed by atoms with Crippen molar-refractivity contribution in [3.05, 3.63) is 24.3 Å². The molecule has 2 N–H and O–H groups in total. The average molecular weight is 312 g/mol. The van der Waals surface area contributed by atoms with E-state index in [0.29, 0.717) is 18.7 Å². The highest BCUT2D eigenvalue weighted by molar-refractivity contribution is 7.91. The third kappa shape index (κ3) is 6.27. The molecule has 0 saturated heterocycles. The van der Waals surface area contributed by atoms with Gasteiger partial charge in [0.05, 0.1) is 10.6 Å². The number of rotatable bonds is 6. The van der Waals surface area contributed by atoms with Gasteiger partial charge in [0.25, 0.3) is 0 Å². The molecular formula is C15H24N2O3S. The molecular weight excluding hydrogens is 288 g/mol. The maximum atomic E-state index is 11.8. The normalized spacial score (nSPS) is 12.2. The SMILES string of the molecule is CCS(=O)(=O)c1ccc(NC(=O)CCNC(C)(C)C)cc1. The fourth-order valence-corrected chi connectivity index (χ4v) is 2.57. The molecule has 0 atom stereocenters. The average Bonchev–Trinajstić information content (AvgIpc) is 2.37. The predicted molar refractivity (Wildman–Crippen MR) is 85.2 cm³/mol. The number of nitrogens with one attached hydrogen (secondary N) is 2. The van der Waals surface area contributed by atoms with Gasteiger partial charge in [-0.3, -0.25) is 4.79 Å². The molecule has 0 fully saturated rings. The molecule has 5 nitrogen and oxygen atoms in total. The lowest BCUT2D eigenvalue weighted by atomic mass is 10.1. The number of hydrogen-bond acceptors (Lipinski definition) is 4. The molecule has 1 amide bonds. The van der Waals surface area contributed by atoms with Crippen LogP contribution < -0.4 is 10.6 Å². The molecule has 6 heteroatoms. The zero-order chi connectivity index (χ0) is 16.1. The van der Waals surface area contributed by atoms with Crippen LogP contribution in [0.15, 0.2) is 29.2 Å². The van der Waals surface area contributed by atoms with Crippen molar-refractivity contribution in [3.63, 3.8) is 0 Å². The van der Waals surface area contributed by atoms with Crippen molar-refractivity contribution in [2.45, 2.75) is 44.6 Å². The van der Waals surface area contributed by atoms with Crippen LogP contribution in [0, 0.1) is 0 Å². The van der Waals surface area contributed by atoms with E-state index in [2.05, 4.69) is 10.6 Å². The van der Waals surface area contributed by atoms with Gasteiger partial charge < -0.3 is 10.6 Å². The lowest BCUT2D eigenvalue weighted by molar-refractivity contribution is -0.116. The van der Waals surface area contributed by atoms with E-state index in [1.807, 2.05) is 20.8 Å². The Kier molecular flexibility index (Phi) is 5.92. The molecule has 1 aromatic carbocycles. The number of carbonyl (C=O) groups excluding carboxylic acids is 1. The van der Waals surface area contributed by atoms with E-state index in [1.54, 1.807) is 19.1 Å². The number of hydrogen-bond donors (Lipinski definition) is 2. The highest BCUT2D eigenvalue weighted by Crippen LogP contribution is 2.15. The van der Waals surface area contributed by atoms with E-state index < -0.39 is 9.84 Å². The maximum Gasteiger partial charge on any atom is 0.225 e. The molecule has 0 aliphatic heterocycles. The third-order valence-electron chi connectivity index (χ3n) is 2.88. The van der Waals surface area contributed by atoms with Crippen molar-refractivity contribution in [3.8, 4) is 0 Å². The molecule has 0 radical (unpaired) electrons. The zero-order valence-corrected chi connectivity index (χ0v) is 13.9. The number of amides is 1. The van der Waals surface area contributed by atoms with Crippen LogP contribution in [0.3, 0.4) is 0 Å². The van der Waals surface area contributed by atoms with Gasteiger partial charge in [-0.25, -0.2) is 8.42 Å². The Morgan fingerprint density at radius 1 is 1.14 bits per heavy atom. The Bertz CT molecular complexity index is 572. The molecule has 0 bridgehead atoms. The summed E-state index contributed by atoms with van der Waals surface area (Å²) in [7, 11) is -3.20. The van der Waals surface area contributed by atoms with Crippen molar-refractivity contribution in [2.24, 2.45) is 0 Å². The van der Waals surface area contributed by atoms with Crippen molar-refractivity contribution in [1.82, 2.24) is 5.32 Å². The van der Waals surface area contributed by atoms with Crippen LogP contribution in [0.25, 0.3) is 0 Å². The van der Waals surface area contributed by atoms with Gasteiger partial charge in [-0.2, -0.15) is 0 Å². The van der Waals surface area contributed by atoms with Gasteiger partial charge in [-0.15, -0.1) is 0 Å². The number of anilines is 1. The Morgan fingerprint density at radius 2 is 1.71 bits per heavy atom. The van der Waals surface area contributed by atoms with Crippen molar-refractivity contribution in [2.75, 3.05) is 17.6 Å². The molecule has 0 heterocycles. The molecule has 0 aromatic heterocycles. The maximum absolute atomic E-state index is 11.8. The number of benzene rings is 1. The third-order valence-corrected chi connectivity index (χ3v) is 4.64. The van der Waals surface area contributed by atoms with Gasteiger partial charge in [-0.1, -0.05) is 6.92 Å². The Balaban J connectivity index is 2.54. The van der Waals surface area contributed by atoms with E-state index in [-0.39, 0.29) is 22.1 Å². The van der Waals surface area contributed by atoms with E-state index in [1.165, 1.54) is 12.1 Å². The molecule has 1 rings (SSSR count). The van der Waals surface area contributed by atoms with Crippen molar-refractivity contribution < 1.29 is 13.2 Å². The Morgan fingerprint density at radius 3 is 2.19 bits per heavy atom. The summed E-state index contributed by atoms with van der Waals surface area (Å²) in [4.78, 5) is 12.0. The molecule has 0 unspecified atom stereocenters. The first-order valence-electron chi connectivity index (χ1n) is 7.02. The molecule has 1 aromatic rings. The Hall–Kier alpha value is -1.40. The lowest BCUT2D eigenvalue weighted by Gasteiger charge is -2.20. The zero-order valence-electron chi connectivity index (χ0n) is 13.1. The summed E-state index contributed by atoms with van der Waals surface area (Å²) < 4.78 is 23.3. The number of carbonyl (C=O) groups is 1. The molecule has 0 aliphatic carbocycles. The molecule has 0 aliphatic rings. The highest BCUT2D eigenvalue weighted by Gasteiger charge is 2.12. The summed E-state index contributed by atoms with van der Waals surface area (Å²) in [5.74, 6) is -0.0326. The van der Waals surface area contributed by atoms with E-state index >= 15 is 0 Å². The molecule has 21 heavy (non-hydrogen) atoms. The van der Waals surface area contributed by atoms with E-state index in [4.69, 9.17) is 0 Å². The standard InChI is InChI=1S/C15H24N2O3S/c1-5-21(19,20)13-8-6-12(7-9-13)17-14(18)10-11-16-15(2,3)4/h6-9,16H,5,10-11H2,1-4H3,(H,17,18). The summed E-state index contributed by atoms with van der Waals surface area (Å²) >= 11 is 0. The van der Waals surface area contributed by atoms with Crippen LogP contribution >= 0.6 is 0 Å². The number of sulfone groups is 1. The fraction of sp³-hybridized carbons (Fsp3) is 0.533.